The van der Waals surface area contributed by atoms with Gasteiger partial charge in [-0.1, -0.05) is 17.7 Å². The summed E-state index contributed by atoms with van der Waals surface area (Å²) >= 11 is 0. The Morgan fingerprint density at radius 2 is 1.22 bits per heavy atom. The van der Waals surface area contributed by atoms with Gasteiger partial charge in [0, 0.05) is 10.4 Å². The van der Waals surface area contributed by atoms with E-state index in [9.17, 15) is 8.42 Å². The molecule has 0 bridgehead atoms. The van der Waals surface area contributed by atoms with E-state index >= 15 is 0 Å². The summed E-state index contributed by atoms with van der Waals surface area (Å²) in [6, 6.07) is 5.99. The van der Waals surface area contributed by atoms with Crippen LogP contribution in [-0.2, 0) is 20.5 Å². The third-order valence-electron chi connectivity index (χ3n) is 1.32. The molecule has 0 aliphatic rings. The quantitative estimate of drug-likeness (QED) is 0.309. The van der Waals surface area contributed by atoms with E-state index in [0.29, 0.717) is 0 Å². The van der Waals surface area contributed by atoms with E-state index in [1.807, 2.05) is 6.92 Å². The largest absolute Gasteiger partial charge is 1.00 e. The Hall–Kier alpha value is 1.000. The molecule has 1 rings (SSSR count). The summed E-state index contributed by atoms with van der Waals surface area (Å²) in [7, 11) is -9.19. The molecule has 0 saturated heterocycles. The van der Waals surface area contributed by atoms with Gasteiger partial charge in [-0.2, -0.15) is 8.42 Å². The molecule has 0 spiro atoms. The molecule has 0 unspecified atom stereocenters. The zero-order valence-corrected chi connectivity index (χ0v) is 15.7. The smallest absolute Gasteiger partial charge is 0.759 e. The first kappa shape index (κ1) is 24.0. The van der Waals surface area contributed by atoms with Crippen LogP contribution in [0.15, 0.2) is 29.2 Å². The van der Waals surface area contributed by atoms with Gasteiger partial charge in [0.05, 0.1) is 4.90 Å². The van der Waals surface area contributed by atoms with E-state index in [1.54, 1.807) is 12.1 Å². The second-order valence-corrected chi connectivity index (χ2v) is 4.93. The molecule has 0 heterocycles. The summed E-state index contributed by atoms with van der Waals surface area (Å²) in [5.74, 6) is 0. The Kier molecular flexibility index (Phi) is 13.1. The minimum absolute atomic E-state index is 0. The van der Waals surface area contributed by atoms with Crippen molar-refractivity contribution in [1.82, 2.24) is 0 Å². The van der Waals surface area contributed by atoms with Crippen LogP contribution in [0.4, 0.5) is 0 Å². The van der Waals surface area contributed by atoms with Gasteiger partial charge in [-0.05, 0) is 19.1 Å². The minimum atomic E-state index is -5.17. The molecular formula is C7H8Na2O7S2. The standard InChI is InChI=1S/C7H8O3S.2Na.H2O4S/c1-6-2-4-7(5-3-6)11(8,9)10;;;1-5(2,3)4/h2-5H,1H3,(H,8,9,10);;;(H2,1,2,3,4)/q;2*+1;/p-2. The molecule has 0 radical (unpaired) electrons. The maximum Gasteiger partial charge on any atom is 1.00 e. The zero-order valence-electron chi connectivity index (χ0n) is 10.0. The van der Waals surface area contributed by atoms with Crippen LogP contribution in [-0.4, -0.2) is 30.5 Å². The van der Waals surface area contributed by atoms with Crippen LogP contribution in [0.1, 0.15) is 5.56 Å². The topological polar surface area (TPSA) is 135 Å². The molecule has 1 aromatic rings. The van der Waals surface area contributed by atoms with Crippen molar-refractivity contribution < 1.29 is 89.6 Å². The Bertz CT molecular complexity index is 528. The Labute approximate surface area is 150 Å². The van der Waals surface area contributed by atoms with Crippen LogP contribution < -0.4 is 59.1 Å². The van der Waals surface area contributed by atoms with Crippen LogP contribution in [0.2, 0.25) is 0 Å². The van der Waals surface area contributed by atoms with Crippen molar-refractivity contribution in [3.8, 4) is 0 Å². The van der Waals surface area contributed by atoms with Crippen LogP contribution in [0.5, 0.6) is 0 Å². The van der Waals surface area contributed by atoms with E-state index in [-0.39, 0.29) is 64.0 Å². The van der Waals surface area contributed by atoms with Gasteiger partial charge in [-0.15, -0.1) is 0 Å². The predicted octanol–water partition coefficient (Wildman–Crippen LogP) is -6.09. The molecular weight excluding hydrogens is 306 g/mol. The van der Waals surface area contributed by atoms with Gasteiger partial charge >= 0.3 is 59.1 Å². The summed E-state index contributed by atoms with van der Waals surface area (Å²) in [6.07, 6.45) is 0. The van der Waals surface area contributed by atoms with Gasteiger partial charge < -0.3 is 9.11 Å². The average molecular weight is 314 g/mol. The maximum absolute atomic E-state index is 10.5. The molecule has 0 aliphatic heterocycles. The zero-order chi connectivity index (χ0) is 13.0. The second kappa shape index (κ2) is 9.83. The molecule has 11 heteroatoms. The van der Waals surface area contributed by atoms with Gasteiger partial charge in [0.1, 0.15) is 0 Å². The number of hydrogen-bond donors (Lipinski definition) is 1. The van der Waals surface area contributed by atoms with E-state index in [1.165, 1.54) is 12.1 Å². The normalized spacial score (nSPS) is 10.2. The van der Waals surface area contributed by atoms with Crippen molar-refractivity contribution in [3.05, 3.63) is 29.8 Å². The fourth-order valence-electron chi connectivity index (χ4n) is 0.710. The summed E-state index contributed by atoms with van der Waals surface area (Å²) < 4.78 is 63.6. The van der Waals surface area contributed by atoms with E-state index in [0.717, 1.165) is 5.56 Å². The molecule has 0 fully saturated rings. The number of rotatable bonds is 1. The molecule has 0 aromatic heterocycles. The fourth-order valence-corrected chi connectivity index (χ4v) is 1.19. The molecule has 1 N–H and O–H groups in total. The number of benzene rings is 1. The summed E-state index contributed by atoms with van der Waals surface area (Å²) in [5, 5.41) is 0. The molecule has 0 saturated carbocycles. The van der Waals surface area contributed by atoms with E-state index in [2.05, 4.69) is 0 Å². The molecule has 18 heavy (non-hydrogen) atoms. The average Bonchev–Trinajstić information content (AvgIpc) is 1.99. The van der Waals surface area contributed by atoms with Crippen molar-refractivity contribution in [3.63, 3.8) is 0 Å². The first-order valence-electron chi connectivity index (χ1n) is 3.71. The van der Waals surface area contributed by atoms with Gasteiger partial charge in [-0.25, -0.2) is 0 Å². The van der Waals surface area contributed by atoms with Crippen LogP contribution in [0.3, 0.4) is 0 Å². The van der Waals surface area contributed by atoms with Gasteiger partial charge in [0.15, 0.2) is 0 Å². The van der Waals surface area contributed by atoms with E-state index < -0.39 is 20.5 Å². The monoisotopic (exact) mass is 314 g/mol. The number of hydrogen-bond acceptors (Lipinski definition) is 6. The molecule has 7 nitrogen and oxygen atoms in total. The molecule has 0 amide bonds. The van der Waals surface area contributed by atoms with Gasteiger partial charge in [0.25, 0.3) is 10.1 Å². The third-order valence-corrected chi connectivity index (χ3v) is 2.19. The van der Waals surface area contributed by atoms with Crippen molar-refractivity contribution in [2.45, 2.75) is 11.8 Å². The molecule has 0 aliphatic carbocycles. The van der Waals surface area contributed by atoms with Gasteiger partial charge in [0.2, 0.25) is 0 Å². The third kappa shape index (κ3) is 15.1. The summed E-state index contributed by atoms with van der Waals surface area (Å²) in [4.78, 5) is -0.0666. The summed E-state index contributed by atoms with van der Waals surface area (Å²) in [6.45, 7) is 1.84. The first-order chi connectivity index (χ1) is 7.00. The second-order valence-electron chi connectivity index (χ2n) is 2.70. The fraction of sp³-hybridized carbons (Fsp3) is 0.143. The van der Waals surface area contributed by atoms with Crippen molar-refractivity contribution in [2.75, 3.05) is 0 Å². The van der Waals surface area contributed by atoms with Crippen molar-refractivity contribution in [1.29, 1.82) is 0 Å². The number of aryl methyl sites for hydroxylation is 1. The van der Waals surface area contributed by atoms with Crippen molar-refractivity contribution >= 4 is 20.5 Å². The van der Waals surface area contributed by atoms with Crippen LogP contribution in [0, 0.1) is 6.92 Å². The Morgan fingerprint density at radius 1 is 0.944 bits per heavy atom. The molecule has 1 aromatic carbocycles. The van der Waals surface area contributed by atoms with E-state index in [4.69, 9.17) is 22.1 Å². The maximum atomic E-state index is 10.5. The predicted molar refractivity (Wildman–Crippen MR) is 51.5 cm³/mol. The Morgan fingerprint density at radius 3 is 1.44 bits per heavy atom. The first-order valence-corrected chi connectivity index (χ1v) is 6.48. The summed E-state index contributed by atoms with van der Waals surface area (Å²) in [5.41, 5.74) is 0.956. The van der Waals surface area contributed by atoms with Crippen LogP contribution >= 0.6 is 0 Å². The Balaban J connectivity index is -0.000000282. The SMILES string of the molecule is Cc1ccc(S(=O)(=O)O)cc1.O=S(=O)([O-])[O-].[Na+].[Na+]. The van der Waals surface area contributed by atoms with Crippen LogP contribution in [0.25, 0.3) is 0 Å². The van der Waals surface area contributed by atoms with Crippen molar-refractivity contribution in [2.24, 2.45) is 0 Å². The molecule has 0 atom stereocenters. The van der Waals surface area contributed by atoms with Gasteiger partial charge in [-0.3, -0.25) is 13.0 Å². The minimum Gasteiger partial charge on any atom is -0.759 e. The molecule has 92 valence electrons.